The second-order valence-corrected chi connectivity index (χ2v) is 7.45. The van der Waals surface area contributed by atoms with E-state index < -0.39 is 6.04 Å². The number of ether oxygens (including phenoxy) is 1. The lowest BCUT2D eigenvalue weighted by molar-refractivity contribution is -0.140. The third-order valence-corrected chi connectivity index (χ3v) is 4.59. The Morgan fingerprint density at radius 2 is 1.75 bits per heavy atom. The van der Waals surface area contributed by atoms with Crippen molar-refractivity contribution in [2.24, 2.45) is 0 Å². The summed E-state index contributed by atoms with van der Waals surface area (Å²) in [6, 6.07) is 14.1. The number of carbonyl (C=O) groups is 2. The van der Waals surface area contributed by atoms with Crippen molar-refractivity contribution in [2.75, 3.05) is 7.11 Å². The maximum Gasteiger partial charge on any atom is 0.242 e. The molecule has 150 valence electrons. The Morgan fingerprint density at radius 1 is 1.07 bits per heavy atom. The van der Waals surface area contributed by atoms with E-state index in [0.717, 1.165) is 16.9 Å². The molecule has 1 atom stereocenters. The number of nitrogens with zero attached hydrogens (tertiary/aromatic N) is 1. The van der Waals surface area contributed by atoms with Crippen LogP contribution >= 0.6 is 11.6 Å². The molecule has 0 spiro atoms. The maximum atomic E-state index is 13.1. The Morgan fingerprint density at radius 3 is 2.32 bits per heavy atom. The number of nitrogens with one attached hydrogen (secondary N) is 1. The third-order valence-electron chi connectivity index (χ3n) is 4.35. The fourth-order valence-electron chi connectivity index (χ4n) is 2.84. The molecule has 0 aliphatic carbocycles. The summed E-state index contributed by atoms with van der Waals surface area (Å²) in [7, 11) is 1.61. The molecule has 2 aromatic rings. The van der Waals surface area contributed by atoms with Crippen LogP contribution in [0.3, 0.4) is 0 Å². The van der Waals surface area contributed by atoms with Crippen LogP contribution in [0.2, 0.25) is 5.02 Å². The SMILES string of the molecule is COc1ccc(CN(C(=O)Cc2cccc(Cl)c2)C(C)C(=O)NC(C)C)cc1. The summed E-state index contributed by atoms with van der Waals surface area (Å²) in [6.07, 6.45) is 0.177. The minimum absolute atomic E-state index is 0.000758. The molecular formula is C22H27ClN2O3. The average Bonchev–Trinajstić information content (AvgIpc) is 2.65. The van der Waals surface area contributed by atoms with Crippen LogP contribution in [-0.2, 0) is 22.6 Å². The van der Waals surface area contributed by atoms with Crippen molar-refractivity contribution in [1.29, 1.82) is 0 Å². The highest BCUT2D eigenvalue weighted by Gasteiger charge is 2.26. The van der Waals surface area contributed by atoms with Gasteiger partial charge in [0.25, 0.3) is 0 Å². The second-order valence-electron chi connectivity index (χ2n) is 7.02. The van der Waals surface area contributed by atoms with E-state index in [0.29, 0.717) is 11.6 Å². The zero-order valence-corrected chi connectivity index (χ0v) is 17.5. The third kappa shape index (κ3) is 6.27. The molecule has 6 heteroatoms. The van der Waals surface area contributed by atoms with Crippen molar-refractivity contribution >= 4 is 23.4 Å². The Kier molecular flexibility index (Phi) is 7.88. The van der Waals surface area contributed by atoms with Gasteiger partial charge in [0.2, 0.25) is 11.8 Å². The average molecular weight is 403 g/mol. The zero-order chi connectivity index (χ0) is 20.7. The van der Waals surface area contributed by atoms with Gasteiger partial charge in [0.15, 0.2) is 0 Å². The Balaban J connectivity index is 2.22. The van der Waals surface area contributed by atoms with Gasteiger partial charge in [0.1, 0.15) is 11.8 Å². The molecule has 0 radical (unpaired) electrons. The number of benzene rings is 2. The first-order valence-corrected chi connectivity index (χ1v) is 9.65. The number of hydrogen-bond acceptors (Lipinski definition) is 3. The van der Waals surface area contributed by atoms with Gasteiger partial charge in [-0.2, -0.15) is 0 Å². The quantitative estimate of drug-likeness (QED) is 0.729. The molecule has 0 saturated heterocycles. The van der Waals surface area contributed by atoms with Crippen molar-refractivity contribution in [3.05, 3.63) is 64.7 Å². The number of methoxy groups -OCH3 is 1. The summed E-state index contributed by atoms with van der Waals surface area (Å²) in [5.41, 5.74) is 1.73. The van der Waals surface area contributed by atoms with Crippen molar-refractivity contribution in [2.45, 2.75) is 45.8 Å². The highest BCUT2D eigenvalue weighted by Crippen LogP contribution is 2.17. The monoisotopic (exact) mass is 402 g/mol. The van der Waals surface area contributed by atoms with E-state index in [2.05, 4.69) is 5.32 Å². The van der Waals surface area contributed by atoms with E-state index >= 15 is 0 Å². The predicted molar refractivity (Wildman–Crippen MR) is 111 cm³/mol. The molecule has 2 aromatic carbocycles. The van der Waals surface area contributed by atoms with Gasteiger partial charge in [-0.25, -0.2) is 0 Å². The highest BCUT2D eigenvalue weighted by molar-refractivity contribution is 6.30. The van der Waals surface area contributed by atoms with Gasteiger partial charge in [-0.15, -0.1) is 0 Å². The second kappa shape index (κ2) is 10.1. The lowest BCUT2D eigenvalue weighted by Gasteiger charge is -2.29. The van der Waals surface area contributed by atoms with Gasteiger partial charge >= 0.3 is 0 Å². The van der Waals surface area contributed by atoms with Crippen LogP contribution in [0.4, 0.5) is 0 Å². The topological polar surface area (TPSA) is 58.6 Å². The number of carbonyl (C=O) groups excluding carboxylic acids is 2. The minimum atomic E-state index is -0.601. The van der Waals surface area contributed by atoms with Gasteiger partial charge in [0.05, 0.1) is 13.5 Å². The van der Waals surface area contributed by atoms with E-state index in [1.807, 2.05) is 50.2 Å². The molecule has 0 bridgehead atoms. The van der Waals surface area contributed by atoms with Gasteiger partial charge in [-0.05, 0) is 56.2 Å². The van der Waals surface area contributed by atoms with Crippen LogP contribution in [0.5, 0.6) is 5.75 Å². The van der Waals surface area contributed by atoms with Gasteiger partial charge in [-0.3, -0.25) is 9.59 Å². The molecule has 0 aliphatic heterocycles. The van der Waals surface area contributed by atoms with Crippen LogP contribution in [0.15, 0.2) is 48.5 Å². The highest BCUT2D eigenvalue weighted by atomic mass is 35.5. The molecule has 1 unspecified atom stereocenters. The maximum absolute atomic E-state index is 13.1. The van der Waals surface area contributed by atoms with Crippen molar-refractivity contribution in [1.82, 2.24) is 10.2 Å². The normalized spacial score (nSPS) is 11.8. The van der Waals surface area contributed by atoms with Crippen LogP contribution in [-0.4, -0.2) is 35.9 Å². The summed E-state index contributed by atoms with van der Waals surface area (Å²) in [5.74, 6) is 0.429. The fraction of sp³-hybridized carbons (Fsp3) is 0.364. The van der Waals surface area contributed by atoms with Crippen LogP contribution < -0.4 is 10.1 Å². The summed E-state index contributed by atoms with van der Waals surface area (Å²) < 4.78 is 5.18. The van der Waals surface area contributed by atoms with E-state index in [1.54, 1.807) is 31.1 Å². The molecule has 5 nitrogen and oxygen atoms in total. The lowest BCUT2D eigenvalue weighted by atomic mass is 10.1. The Hall–Kier alpha value is -2.53. The largest absolute Gasteiger partial charge is 0.497 e. The molecule has 28 heavy (non-hydrogen) atoms. The standard InChI is InChI=1S/C22H27ClN2O3/c1-15(2)24-22(27)16(3)25(14-17-8-10-20(28-4)11-9-17)21(26)13-18-6-5-7-19(23)12-18/h5-12,15-16H,13-14H2,1-4H3,(H,24,27). The Labute approximate surface area is 171 Å². The zero-order valence-electron chi connectivity index (χ0n) is 16.7. The molecule has 2 amide bonds. The van der Waals surface area contributed by atoms with E-state index in [-0.39, 0.29) is 24.3 Å². The van der Waals surface area contributed by atoms with Gasteiger partial charge in [0, 0.05) is 17.6 Å². The van der Waals surface area contributed by atoms with E-state index in [1.165, 1.54) is 0 Å². The molecule has 2 rings (SSSR count). The van der Waals surface area contributed by atoms with E-state index in [4.69, 9.17) is 16.3 Å². The van der Waals surface area contributed by atoms with Crippen LogP contribution in [0.1, 0.15) is 31.9 Å². The van der Waals surface area contributed by atoms with Gasteiger partial charge in [-0.1, -0.05) is 35.9 Å². The fourth-order valence-corrected chi connectivity index (χ4v) is 3.05. The first-order valence-electron chi connectivity index (χ1n) is 9.27. The molecule has 1 N–H and O–H groups in total. The summed E-state index contributed by atoms with van der Waals surface area (Å²) in [5, 5.41) is 3.46. The summed E-state index contributed by atoms with van der Waals surface area (Å²) >= 11 is 6.04. The summed E-state index contributed by atoms with van der Waals surface area (Å²) in [4.78, 5) is 27.2. The van der Waals surface area contributed by atoms with E-state index in [9.17, 15) is 9.59 Å². The predicted octanol–water partition coefficient (Wildman–Crippen LogP) is 3.83. The minimum Gasteiger partial charge on any atom is -0.497 e. The number of halogens is 1. The first-order chi connectivity index (χ1) is 13.3. The molecule has 0 heterocycles. The molecule has 0 fully saturated rings. The molecular weight excluding hydrogens is 376 g/mol. The lowest BCUT2D eigenvalue weighted by Crippen LogP contribution is -2.49. The van der Waals surface area contributed by atoms with Crippen molar-refractivity contribution in [3.63, 3.8) is 0 Å². The van der Waals surface area contributed by atoms with Crippen LogP contribution in [0, 0.1) is 0 Å². The smallest absolute Gasteiger partial charge is 0.242 e. The molecule has 0 aromatic heterocycles. The number of amides is 2. The number of hydrogen-bond donors (Lipinski definition) is 1. The molecule has 0 saturated carbocycles. The van der Waals surface area contributed by atoms with Gasteiger partial charge < -0.3 is 15.0 Å². The molecule has 0 aliphatic rings. The summed E-state index contributed by atoms with van der Waals surface area (Å²) in [6.45, 7) is 5.87. The number of rotatable bonds is 8. The Bertz CT molecular complexity index is 806. The van der Waals surface area contributed by atoms with Crippen molar-refractivity contribution < 1.29 is 14.3 Å². The van der Waals surface area contributed by atoms with Crippen LogP contribution in [0.25, 0.3) is 0 Å². The first kappa shape index (κ1) is 21.8. The van der Waals surface area contributed by atoms with Crippen molar-refractivity contribution in [3.8, 4) is 5.75 Å².